The Kier molecular flexibility index (Phi) is 8.26. The lowest BCUT2D eigenvalue weighted by atomic mass is 9.50. The first-order valence-corrected chi connectivity index (χ1v) is 17.5. The molecular formula is C41H32ClN3O8. The number of imide groups is 2. The molecule has 8 rings (SSSR count). The SMILES string of the molecule is COc1cc(C=C[C@H]2C3=CC[C@@H]4C(=O)N(c5cccc([N+](=O)[O-])c5)C(=O)[C@@H]4[C@@H]3C[C@H]3C(=O)N(c4cccc(Cl)c4)C(=O)[C@@]23c2ccccc2)ccc1O. The number of phenolic OH excluding ortho intramolecular Hbond substituents is 1. The number of carbonyl (C=O) groups is 4. The third-order valence-corrected chi connectivity index (χ3v) is 11.4. The number of nitrogens with zero attached hydrogens (tertiary/aromatic N) is 3. The Bertz CT molecular complexity index is 2290. The minimum Gasteiger partial charge on any atom is -0.504 e. The lowest BCUT2D eigenvalue weighted by molar-refractivity contribution is -0.384. The number of phenols is 1. The van der Waals surface area contributed by atoms with Gasteiger partial charge in [0, 0.05) is 23.1 Å². The quantitative estimate of drug-likeness (QED) is 0.0938. The summed E-state index contributed by atoms with van der Waals surface area (Å²) in [5, 5.41) is 22.2. The lowest BCUT2D eigenvalue weighted by Crippen LogP contribution is -2.54. The number of methoxy groups -OCH3 is 1. The van der Waals surface area contributed by atoms with Gasteiger partial charge >= 0.3 is 0 Å². The van der Waals surface area contributed by atoms with Crippen molar-refractivity contribution in [3.05, 3.63) is 141 Å². The van der Waals surface area contributed by atoms with Crippen LogP contribution in [0.4, 0.5) is 17.1 Å². The molecule has 266 valence electrons. The summed E-state index contributed by atoms with van der Waals surface area (Å²) in [6.45, 7) is 0. The number of nitro groups is 1. The molecule has 4 aromatic carbocycles. The van der Waals surface area contributed by atoms with Gasteiger partial charge in [-0.2, -0.15) is 0 Å². The number of carbonyl (C=O) groups excluding carboxylic acids is 4. The number of allylic oxidation sites excluding steroid dienone is 3. The number of rotatable bonds is 7. The van der Waals surface area contributed by atoms with Gasteiger partial charge in [-0.05, 0) is 66.3 Å². The Hall–Kier alpha value is -6.07. The summed E-state index contributed by atoms with van der Waals surface area (Å²) < 4.78 is 5.34. The van der Waals surface area contributed by atoms with Crippen LogP contribution in [0.3, 0.4) is 0 Å². The highest BCUT2D eigenvalue weighted by molar-refractivity contribution is 6.32. The summed E-state index contributed by atoms with van der Waals surface area (Å²) in [4.78, 5) is 71.8. The van der Waals surface area contributed by atoms with Crippen LogP contribution in [-0.2, 0) is 24.6 Å². The molecule has 4 aromatic rings. The number of hydrogen-bond acceptors (Lipinski definition) is 8. The Morgan fingerprint density at radius 1 is 0.868 bits per heavy atom. The van der Waals surface area contributed by atoms with Crippen LogP contribution in [-0.4, -0.2) is 40.8 Å². The fourth-order valence-corrected chi connectivity index (χ4v) is 9.18. The van der Waals surface area contributed by atoms with Crippen molar-refractivity contribution in [1.29, 1.82) is 0 Å². The molecule has 53 heavy (non-hydrogen) atoms. The van der Waals surface area contributed by atoms with E-state index in [1.165, 1.54) is 42.3 Å². The van der Waals surface area contributed by atoms with E-state index in [0.717, 1.165) is 10.5 Å². The van der Waals surface area contributed by atoms with Gasteiger partial charge in [-0.25, -0.2) is 9.80 Å². The number of anilines is 2. The van der Waals surface area contributed by atoms with E-state index in [2.05, 4.69) is 0 Å². The van der Waals surface area contributed by atoms with Crippen molar-refractivity contribution in [2.45, 2.75) is 18.3 Å². The molecule has 4 amide bonds. The van der Waals surface area contributed by atoms with Crippen LogP contribution in [0, 0.1) is 39.7 Å². The molecule has 2 heterocycles. The van der Waals surface area contributed by atoms with E-state index in [-0.39, 0.29) is 35.7 Å². The molecule has 0 bridgehead atoms. The number of ether oxygens (including phenoxy) is 1. The second kappa shape index (κ2) is 12.9. The molecule has 11 nitrogen and oxygen atoms in total. The number of benzene rings is 4. The normalized spacial score (nSPS) is 26.4. The molecule has 4 aliphatic rings. The number of aromatic hydroxyl groups is 1. The maximum atomic E-state index is 15.3. The third-order valence-electron chi connectivity index (χ3n) is 11.2. The number of fused-ring (bicyclic) bond motifs is 4. The van der Waals surface area contributed by atoms with Crippen molar-refractivity contribution < 1.29 is 33.9 Å². The highest BCUT2D eigenvalue weighted by atomic mass is 35.5. The third kappa shape index (κ3) is 5.17. The highest BCUT2D eigenvalue weighted by Crippen LogP contribution is 2.62. The number of amides is 4. The Morgan fingerprint density at radius 3 is 2.32 bits per heavy atom. The van der Waals surface area contributed by atoms with E-state index in [9.17, 15) is 29.6 Å². The summed E-state index contributed by atoms with van der Waals surface area (Å²) in [5.74, 6) is -5.60. The Balaban J connectivity index is 1.31. The van der Waals surface area contributed by atoms with Crippen molar-refractivity contribution in [3.63, 3.8) is 0 Å². The number of halogens is 1. The molecule has 0 radical (unpaired) electrons. The summed E-state index contributed by atoms with van der Waals surface area (Å²) in [6.07, 6.45) is 5.90. The molecule has 6 atom stereocenters. The minimum absolute atomic E-state index is 0.0457. The summed E-state index contributed by atoms with van der Waals surface area (Å²) in [6, 6.07) is 26.0. The van der Waals surface area contributed by atoms with E-state index < -0.39 is 63.6 Å². The van der Waals surface area contributed by atoms with Gasteiger partial charge < -0.3 is 9.84 Å². The first-order valence-electron chi connectivity index (χ1n) is 17.1. The molecule has 1 N–H and O–H groups in total. The fourth-order valence-electron chi connectivity index (χ4n) is 9.00. The van der Waals surface area contributed by atoms with Crippen LogP contribution in [0.5, 0.6) is 11.5 Å². The molecule has 2 aliphatic carbocycles. The summed E-state index contributed by atoms with van der Waals surface area (Å²) >= 11 is 6.38. The van der Waals surface area contributed by atoms with Crippen LogP contribution >= 0.6 is 11.6 Å². The maximum absolute atomic E-state index is 15.3. The maximum Gasteiger partial charge on any atom is 0.271 e. The topological polar surface area (TPSA) is 147 Å². The highest BCUT2D eigenvalue weighted by Gasteiger charge is 2.69. The second-order valence-corrected chi connectivity index (χ2v) is 14.2. The minimum atomic E-state index is -1.45. The zero-order valence-corrected chi connectivity index (χ0v) is 29.1. The molecule has 2 saturated heterocycles. The molecule has 12 heteroatoms. The standard InChI is InChI=1S/C41H32ClN3O8/c1-53-35-19-23(14-18-34(35)46)13-17-32-29-15-16-30-36(39(49)43(37(30)47)27-11-6-12-28(21-27)45(51)52)31(29)22-33-38(48)44(26-10-5-9-25(42)20-26)40(50)41(32,33)24-7-3-2-4-8-24/h2-15,17-21,30-33,36,46H,16,22H2,1H3/t30-,31+,32-,33-,36-,41-/m0/s1. The predicted octanol–water partition coefficient (Wildman–Crippen LogP) is 6.88. The summed E-state index contributed by atoms with van der Waals surface area (Å²) in [5.41, 5.74) is 0.763. The average molecular weight is 730 g/mol. The van der Waals surface area contributed by atoms with Gasteiger partial charge in [0.25, 0.3) is 5.69 Å². The van der Waals surface area contributed by atoms with E-state index in [0.29, 0.717) is 21.8 Å². The molecule has 0 aromatic heterocycles. The predicted molar refractivity (Wildman–Crippen MR) is 196 cm³/mol. The van der Waals surface area contributed by atoms with Crippen molar-refractivity contribution in [2.24, 2.45) is 29.6 Å². The molecule has 1 saturated carbocycles. The number of hydrogen-bond donors (Lipinski definition) is 1. The van der Waals surface area contributed by atoms with Crippen LogP contribution in [0.1, 0.15) is 24.0 Å². The van der Waals surface area contributed by atoms with Crippen molar-refractivity contribution in [1.82, 2.24) is 0 Å². The molecule has 0 unspecified atom stereocenters. The van der Waals surface area contributed by atoms with E-state index >= 15 is 4.79 Å². The zero-order chi connectivity index (χ0) is 37.2. The average Bonchev–Trinajstić information content (AvgIpc) is 3.55. The Labute approximate surface area is 308 Å². The van der Waals surface area contributed by atoms with Gasteiger partial charge in [0.2, 0.25) is 23.6 Å². The second-order valence-electron chi connectivity index (χ2n) is 13.7. The van der Waals surface area contributed by atoms with Crippen molar-refractivity contribution >= 4 is 58.4 Å². The van der Waals surface area contributed by atoms with E-state index in [1.807, 2.05) is 42.5 Å². The molecule has 3 fully saturated rings. The van der Waals surface area contributed by atoms with Crippen molar-refractivity contribution in [3.8, 4) is 11.5 Å². The number of nitro benzene ring substituents is 1. The van der Waals surface area contributed by atoms with Gasteiger partial charge in [-0.3, -0.25) is 29.3 Å². The smallest absolute Gasteiger partial charge is 0.271 e. The van der Waals surface area contributed by atoms with E-state index in [1.54, 1.807) is 42.5 Å². The molecule has 0 spiro atoms. The van der Waals surface area contributed by atoms with Crippen LogP contribution in [0.15, 0.2) is 115 Å². The Morgan fingerprint density at radius 2 is 1.60 bits per heavy atom. The van der Waals surface area contributed by atoms with Crippen LogP contribution < -0.4 is 14.5 Å². The summed E-state index contributed by atoms with van der Waals surface area (Å²) in [7, 11) is 1.44. The van der Waals surface area contributed by atoms with Gasteiger partial charge in [-0.1, -0.05) is 83.9 Å². The zero-order valence-electron chi connectivity index (χ0n) is 28.3. The fraction of sp³-hybridized carbons (Fsp3) is 0.220. The molecular weight excluding hydrogens is 698 g/mol. The van der Waals surface area contributed by atoms with Gasteiger partial charge in [0.05, 0.1) is 46.6 Å². The monoisotopic (exact) mass is 729 g/mol. The number of non-ortho nitro benzene ring substituents is 1. The van der Waals surface area contributed by atoms with Crippen LogP contribution in [0.25, 0.3) is 6.08 Å². The van der Waals surface area contributed by atoms with Crippen molar-refractivity contribution in [2.75, 3.05) is 16.9 Å². The molecule has 2 aliphatic heterocycles. The first-order chi connectivity index (χ1) is 25.6. The largest absolute Gasteiger partial charge is 0.504 e. The van der Waals surface area contributed by atoms with Gasteiger partial charge in [0.1, 0.15) is 0 Å². The van der Waals surface area contributed by atoms with Crippen LogP contribution in [0.2, 0.25) is 5.02 Å². The van der Waals surface area contributed by atoms with Gasteiger partial charge in [0.15, 0.2) is 11.5 Å². The van der Waals surface area contributed by atoms with Gasteiger partial charge in [-0.15, -0.1) is 0 Å². The van der Waals surface area contributed by atoms with E-state index in [4.69, 9.17) is 16.3 Å². The lowest BCUT2D eigenvalue weighted by Gasteiger charge is -2.49. The first kappa shape index (κ1) is 34.0.